The van der Waals surface area contributed by atoms with Crippen LogP contribution in [0.4, 0.5) is 5.88 Å². The van der Waals surface area contributed by atoms with Gasteiger partial charge in [0, 0.05) is 25.1 Å². The lowest BCUT2D eigenvalue weighted by Gasteiger charge is -2.19. The van der Waals surface area contributed by atoms with Crippen LogP contribution in [-0.2, 0) is 10.2 Å². The molecule has 0 saturated heterocycles. The van der Waals surface area contributed by atoms with Crippen LogP contribution >= 0.6 is 0 Å². The van der Waals surface area contributed by atoms with E-state index < -0.39 is 0 Å². The lowest BCUT2D eigenvalue weighted by molar-refractivity contribution is 0.142. The second-order valence-corrected chi connectivity index (χ2v) is 3.92. The summed E-state index contributed by atoms with van der Waals surface area (Å²) in [5.41, 5.74) is 0.807. The van der Waals surface area contributed by atoms with Crippen LogP contribution in [0.1, 0.15) is 26.5 Å². The number of anilines is 1. The van der Waals surface area contributed by atoms with E-state index in [-0.39, 0.29) is 5.41 Å². The number of nitrogens with one attached hydrogen (secondary N) is 1. The zero-order valence-electron chi connectivity index (χ0n) is 9.26. The highest BCUT2D eigenvalue weighted by Gasteiger charge is 2.24. The predicted octanol–water partition coefficient (Wildman–Crippen LogP) is 2.03. The number of hydrogen-bond acceptors (Lipinski definition) is 4. The number of rotatable bonds is 5. The molecule has 80 valence electrons. The number of nitrogens with zero attached hydrogens (tertiary/aromatic N) is 1. The Labute approximate surface area is 84.6 Å². The van der Waals surface area contributed by atoms with Gasteiger partial charge in [-0.25, -0.2) is 0 Å². The highest BCUT2D eigenvalue weighted by molar-refractivity contribution is 5.33. The Morgan fingerprint density at radius 1 is 1.57 bits per heavy atom. The van der Waals surface area contributed by atoms with E-state index in [0.717, 1.165) is 12.2 Å². The molecule has 0 atom stereocenters. The van der Waals surface area contributed by atoms with Crippen molar-refractivity contribution in [3.8, 4) is 0 Å². The minimum atomic E-state index is -0.105. The van der Waals surface area contributed by atoms with Crippen LogP contribution in [0.2, 0.25) is 0 Å². The Balaban J connectivity index is 2.74. The van der Waals surface area contributed by atoms with Gasteiger partial charge >= 0.3 is 0 Å². The van der Waals surface area contributed by atoms with Crippen molar-refractivity contribution in [2.75, 3.05) is 25.6 Å². The van der Waals surface area contributed by atoms with Gasteiger partial charge < -0.3 is 14.6 Å². The first-order valence-electron chi connectivity index (χ1n) is 4.80. The van der Waals surface area contributed by atoms with Crippen LogP contribution in [0.25, 0.3) is 0 Å². The molecular weight excluding hydrogens is 180 g/mol. The molecule has 0 aliphatic carbocycles. The molecule has 1 aromatic rings. The van der Waals surface area contributed by atoms with Crippen LogP contribution in [0.5, 0.6) is 0 Å². The van der Waals surface area contributed by atoms with Crippen molar-refractivity contribution in [3.63, 3.8) is 0 Å². The average Bonchev–Trinajstić information content (AvgIpc) is 2.54. The summed E-state index contributed by atoms with van der Waals surface area (Å²) in [5, 5.41) is 7.08. The number of methoxy groups -OCH3 is 1. The standard InChI is InChI=1S/C10H18N2O2/c1-5-11-9-6-8(12-14-9)10(2,3)7-13-4/h6,11H,5,7H2,1-4H3. The van der Waals surface area contributed by atoms with E-state index in [1.54, 1.807) is 7.11 Å². The number of hydrogen-bond donors (Lipinski definition) is 1. The monoisotopic (exact) mass is 198 g/mol. The lowest BCUT2D eigenvalue weighted by Crippen LogP contribution is -2.23. The molecule has 0 saturated carbocycles. The molecule has 14 heavy (non-hydrogen) atoms. The van der Waals surface area contributed by atoms with Gasteiger partial charge in [-0.05, 0) is 6.92 Å². The quantitative estimate of drug-likeness (QED) is 0.786. The molecular formula is C10H18N2O2. The van der Waals surface area contributed by atoms with Crippen molar-refractivity contribution >= 4 is 5.88 Å². The first-order chi connectivity index (χ1) is 6.60. The molecule has 0 spiro atoms. The molecule has 4 heteroatoms. The number of aromatic nitrogens is 1. The second-order valence-electron chi connectivity index (χ2n) is 3.92. The Morgan fingerprint density at radius 3 is 2.86 bits per heavy atom. The molecule has 1 aromatic heterocycles. The highest BCUT2D eigenvalue weighted by Crippen LogP contribution is 2.24. The van der Waals surface area contributed by atoms with Crippen molar-refractivity contribution in [2.45, 2.75) is 26.2 Å². The largest absolute Gasteiger partial charge is 0.384 e. The van der Waals surface area contributed by atoms with Crippen LogP contribution in [-0.4, -0.2) is 25.4 Å². The maximum atomic E-state index is 5.13. The maximum Gasteiger partial charge on any atom is 0.224 e. The molecule has 0 aliphatic rings. The number of ether oxygens (including phenoxy) is 1. The van der Waals surface area contributed by atoms with Crippen molar-refractivity contribution in [1.29, 1.82) is 0 Å². The summed E-state index contributed by atoms with van der Waals surface area (Å²) in [5.74, 6) is 0.715. The fourth-order valence-electron chi connectivity index (χ4n) is 1.29. The van der Waals surface area contributed by atoms with Crippen molar-refractivity contribution in [2.24, 2.45) is 0 Å². The van der Waals surface area contributed by atoms with Crippen LogP contribution in [0.15, 0.2) is 10.6 Å². The Kier molecular flexibility index (Phi) is 3.52. The van der Waals surface area contributed by atoms with E-state index in [4.69, 9.17) is 9.26 Å². The Morgan fingerprint density at radius 2 is 2.29 bits per heavy atom. The van der Waals surface area contributed by atoms with E-state index in [9.17, 15) is 0 Å². The summed E-state index contributed by atoms with van der Waals surface area (Å²) < 4.78 is 10.2. The van der Waals surface area contributed by atoms with E-state index in [0.29, 0.717) is 12.5 Å². The van der Waals surface area contributed by atoms with Gasteiger partial charge in [-0.3, -0.25) is 0 Å². The summed E-state index contributed by atoms with van der Waals surface area (Å²) in [7, 11) is 1.69. The van der Waals surface area contributed by atoms with Gasteiger partial charge in [-0.2, -0.15) is 0 Å². The molecule has 0 fully saturated rings. The molecule has 1 N–H and O–H groups in total. The SMILES string of the molecule is CCNc1cc(C(C)(C)COC)no1. The van der Waals surface area contributed by atoms with E-state index in [1.807, 2.05) is 13.0 Å². The molecule has 0 aromatic carbocycles. The Hall–Kier alpha value is -1.03. The van der Waals surface area contributed by atoms with Gasteiger partial charge in [-0.15, -0.1) is 0 Å². The molecule has 0 radical (unpaired) electrons. The predicted molar refractivity (Wildman–Crippen MR) is 55.6 cm³/mol. The summed E-state index contributed by atoms with van der Waals surface area (Å²) in [4.78, 5) is 0. The normalized spacial score (nSPS) is 11.7. The van der Waals surface area contributed by atoms with E-state index in [1.165, 1.54) is 0 Å². The second kappa shape index (κ2) is 4.46. The average molecular weight is 198 g/mol. The summed E-state index contributed by atoms with van der Waals surface area (Å²) >= 11 is 0. The Bertz CT molecular complexity index is 281. The van der Waals surface area contributed by atoms with Crippen LogP contribution in [0, 0.1) is 0 Å². The molecule has 1 heterocycles. The lowest BCUT2D eigenvalue weighted by atomic mass is 9.90. The third-order valence-electron chi connectivity index (χ3n) is 2.06. The third-order valence-corrected chi connectivity index (χ3v) is 2.06. The first kappa shape index (κ1) is 11.0. The fourth-order valence-corrected chi connectivity index (χ4v) is 1.29. The van der Waals surface area contributed by atoms with Gasteiger partial charge in [0.05, 0.1) is 12.3 Å². The zero-order valence-corrected chi connectivity index (χ0v) is 9.26. The van der Waals surface area contributed by atoms with Gasteiger partial charge in [0.15, 0.2) is 0 Å². The van der Waals surface area contributed by atoms with Crippen molar-refractivity contribution < 1.29 is 9.26 Å². The van der Waals surface area contributed by atoms with Crippen molar-refractivity contribution in [3.05, 3.63) is 11.8 Å². The molecule has 0 unspecified atom stereocenters. The molecule has 1 rings (SSSR count). The van der Waals surface area contributed by atoms with Crippen LogP contribution in [0.3, 0.4) is 0 Å². The topological polar surface area (TPSA) is 47.3 Å². The smallest absolute Gasteiger partial charge is 0.224 e. The highest BCUT2D eigenvalue weighted by atomic mass is 16.5. The van der Waals surface area contributed by atoms with E-state index in [2.05, 4.69) is 24.3 Å². The van der Waals surface area contributed by atoms with Gasteiger partial charge in [0.25, 0.3) is 0 Å². The zero-order chi connectivity index (χ0) is 10.6. The minimum Gasteiger partial charge on any atom is -0.384 e. The maximum absolute atomic E-state index is 5.13. The van der Waals surface area contributed by atoms with Gasteiger partial charge in [0.1, 0.15) is 0 Å². The van der Waals surface area contributed by atoms with Gasteiger partial charge in [0.2, 0.25) is 5.88 Å². The third kappa shape index (κ3) is 2.48. The van der Waals surface area contributed by atoms with Crippen molar-refractivity contribution in [1.82, 2.24) is 5.16 Å². The first-order valence-corrected chi connectivity index (χ1v) is 4.80. The molecule has 0 amide bonds. The van der Waals surface area contributed by atoms with E-state index >= 15 is 0 Å². The minimum absolute atomic E-state index is 0.105. The molecule has 0 bridgehead atoms. The van der Waals surface area contributed by atoms with Crippen LogP contribution < -0.4 is 5.32 Å². The summed E-state index contributed by atoms with van der Waals surface area (Å²) in [6.45, 7) is 7.63. The fraction of sp³-hybridized carbons (Fsp3) is 0.700. The summed E-state index contributed by atoms with van der Waals surface area (Å²) in [6, 6.07) is 1.92. The molecule has 4 nitrogen and oxygen atoms in total. The summed E-state index contributed by atoms with van der Waals surface area (Å²) in [6.07, 6.45) is 0. The molecule has 0 aliphatic heterocycles. The van der Waals surface area contributed by atoms with Gasteiger partial charge in [-0.1, -0.05) is 19.0 Å².